The van der Waals surface area contributed by atoms with Gasteiger partial charge in [-0.1, -0.05) is 23.1 Å². The number of carbonyl (C=O) groups excluding carboxylic acids is 2. The Morgan fingerprint density at radius 3 is 2.20 bits per heavy atom. The fraction of sp³-hybridized carbons (Fsp3) is 0.0588. The fourth-order valence-electron chi connectivity index (χ4n) is 3.17. The number of ketones is 2. The molecule has 0 bridgehead atoms. The van der Waals surface area contributed by atoms with Crippen molar-refractivity contribution in [1.82, 2.24) is 0 Å². The van der Waals surface area contributed by atoms with Crippen LogP contribution >= 0.6 is 0 Å². The average molecular weight is 466 g/mol. The summed E-state index contributed by atoms with van der Waals surface area (Å²) in [6, 6.07) is 7.48. The number of fused-ring (bicyclic) bond motifs is 2. The van der Waals surface area contributed by atoms with Crippen LogP contribution in [0.1, 0.15) is 26.3 Å². The van der Waals surface area contributed by atoms with Gasteiger partial charge in [0.2, 0.25) is 5.78 Å². The maximum Gasteiger partial charge on any atom is 1.00 e. The maximum atomic E-state index is 12.7. The number of anilines is 1. The molecular formula is C17H10NNa2O8S2-. The number of nitrogens with one attached hydrogen (secondary N) is 1. The molecule has 1 heterocycles. The molecule has 0 radical (unpaired) electrons. The van der Waals surface area contributed by atoms with E-state index in [-0.39, 0.29) is 98.3 Å². The topological polar surface area (TPSA) is 168 Å². The Hall–Kier alpha value is -0.860. The van der Waals surface area contributed by atoms with Gasteiger partial charge in [0, 0.05) is 28.8 Å². The molecule has 0 unspecified atom stereocenters. The Balaban J connectivity index is 0.00000150. The zero-order chi connectivity index (χ0) is 19.5. The molecule has 9 nitrogen and oxygen atoms in total. The molecule has 4 rings (SSSR count). The van der Waals surface area contributed by atoms with Crippen molar-refractivity contribution in [3.05, 3.63) is 64.4 Å². The molecule has 13 heteroatoms. The summed E-state index contributed by atoms with van der Waals surface area (Å²) in [6.45, 7) is 0. The first-order valence-corrected chi connectivity index (χ1v) is 10.1. The van der Waals surface area contributed by atoms with Crippen LogP contribution in [0.4, 0.5) is 5.69 Å². The van der Waals surface area contributed by atoms with E-state index in [1.165, 1.54) is 24.3 Å². The standard InChI is InChI=1S/C17H10NO7S2.2Na.H2O/c19-16-11-7-10(27(23,24)25)3-1-8(11)5-13(16)15-17(20)12-6-9(26(21)22)2-4-14(12)18-15;;;/h1-4,6-7,18H,5H2,(H,23,24,25);;;1H2/q-1;2*+1;/p-2/b15-13-;;;. The quantitative estimate of drug-likeness (QED) is 0.198. The zero-order valence-electron chi connectivity index (χ0n) is 15.8. The summed E-state index contributed by atoms with van der Waals surface area (Å²) in [6.07, 6.45) is 0.0930. The number of Topliss-reactive ketones (excluding diaryl/α,β-unsaturated/α-hetero) is 2. The molecule has 146 valence electrons. The van der Waals surface area contributed by atoms with Crippen LogP contribution in [-0.4, -0.2) is 30.0 Å². The maximum absolute atomic E-state index is 12.7. The zero-order valence-corrected chi connectivity index (χ0v) is 21.4. The first-order valence-electron chi connectivity index (χ1n) is 7.58. The number of rotatable bonds is 2. The molecule has 30 heavy (non-hydrogen) atoms. The molecule has 2 N–H and O–H groups in total. The van der Waals surface area contributed by atoms with Crippen LogP contribution < -0.4 is 64.4 Å². The Kier molecular flexibility index (Phi) is 8.82. The van der Waals surface area contributed by atoms with E-state index in [0.717, 1.165) is 12.1 Å². The molecule has 2 aromatic carbocycles. The first kappa shape index (κ1) is 27.2. The number of allylic oxidation sites excluding steroid dienone is 2. The van der Waals surface area contributed by atoms with E-state index in [1.807, 2.05) is 0 Å². The SMILES string of the molecule is O=C1/C(=C2\Nc3ccc([S-](=O)=O)cc3C2=O)Cc2ccc(S(=O)(=O)[O-])cc21.[Na+].[Na+].[OH-]. The summed E-state index contributed by atoms with van der Waals surface area (Å²) in [5, 5.41) is 2.83. The van der Waals surface area contributed by atoms with E-state index in [4.69, 9.17) is 0 Å². The van der Waals surface area contributed by atoms with Crippen molar-refractivity contribution < 1.29 is 95.6 Å². The van der Waals surface area contributed by atoms with Crippen LogP contribution in [0.15, 0.2) is 57.5 Å². The Bertz CT molecular complexity index is 1270. The van der Waals surface area contributed by atoms with Gasteiger partial charge < -0.3 is 23.8 Å². The second kappa shape index (κ2) is 9.74. The summed E-state index contributed by atoms with van der Waals surface area (Å²) in [7, 11) is -7.21. The third kappa shape index (κ3) is 4.65. The van der Waals surface area contributed by atoms with Gasteiger partial charge in [-0.3, -0.25) is 9.59 Å². The molecule has 2 aliphatic rings. The van der Waals surface area contributed by atoms with E-state index in [1.54, 1.807) is 0 Å². The van der Waals surface area contributed by atoms with Crippen molar-refractivity contribution in [3.63, 3.8) is 0 Å². The smallest absolute Gasteiger partial charge is 0.870 e. The molecule has 1 aliphatic heterocycles. The third-order valence-electron chi connectivity index (χ3n) is 4.47. The van der Waals surface area contributed by atoms with Crippen molar-refractivity contribution in [3.8, 4) is 0 Å². The van der Waals surface area contributed by atoms with Crippen LogP contribution in [-0.2, 0) is 35.7 Å². The van der Waals surface area contributed by atoms with Crippen molar-refractivity contribution in [1.29, 1.82) is 0 Å². The molecule has 0 saturated carbocycles. The minimum absolute atomic E-state index is 0. The van der Waals surface area contributed by atoms with E-state index in [0.29, 0.717) is 11.3 Å². The van der Waals surface area contributed by atoms with Gasteiger partial charge in [0.15, 0.2) is 5.78 Å². The van der Waals surface area contributed by atoms with Crippen LogP contribution in [0, 0.1) is 0 Å². The molecule has 1 aliphatic carbocycles. The van der Waals surface area contributed by atoms with Gasteiger partial charge in [0.05, 0.1) is 10.6 Å². The van der Waals surface area contributed by atoms with Crippen LogP contribution in [0.25, 0.3) is 0 Å². The fourth-order valence-corrected chi connectivity index (χ4v) is 4.06. The molecule has 0 fully saturated rings. The first-order chi connectivity index (χ1) is 12.7. The van der Waals surface area contributed by atoms with Crippen LogP contribution in [0.5, 0.6) is 0 Å². The number of hydrogen-bond acceptors (Lipinski definition) is 10. The van der Waals surface area contributed by atoms with Crippen LogP contribution in [0.2, 0.25) is 0 Å². The molecule has 0 saturated heterocycles. The van der Waals surface area contributed by atoms with Crippen LogP contribution in [0.3, 0.4) is 0 Å². The summed E-state index contributed by atoms with van der Waals surface area (Å²) in [5.74, 6) is -1.07. The van der Waals surface area contributed by atoms with Gasteiger partial charge in [-0.2, -0.15) is 0 Å². The Morgan fingerprint density at radius 1 is 0.933 bits per heavy atom. The van der Waals surface area contributed by atoms with E-state index in [9.17, 15) is 31.0 Å². The molecule has 0 spiro atoms. The Morgan fingerprint density at radius 2 is 1.60 bits per heavy atom. The minimum atomic E-state index is -4.71. The van der Waals surface area contributed by atoms with E-state index >= 15 is 0 Å². The van der Waals surface area contributed by atoms with Crippen molar-refractivity contribution >= 4 is 38.1 Å². The molecule has 0 atom stereocenters. The monoisotopic (exact) mass is 466 g/mol. The van der Waals surface area contributed by atoms with Crippen molar-refractivity contribution in [2.45, 2.75) is 16.2 Å². The number of carbonyl (C=O) groups is 2. The van der Waals surface area contributed by atoms with Crippen molar-refractivity contribution in [2.24, 2.45) is 0 Å². The van der Waals surface area contributed by atoms with E-state index in [2.05, 4.69) is 5.32 Å². The van der Waals surface area contributed by atoms with Gasteiger partial charge in [0.25, 0.3) is 0 Å². The summed E-state index contributed by atoms with van der Waals surface area (Å²) in [4.78, 5) is 24.8. The summed E-state index contributed by atoms with van der Waals surface area (Å²) < 4.78 is 55.7. The van der Waals surface area contributed by atoms with Gasteiger partial charge >= 0.3 is 59.1 Å². The van der Waals surface area contributed by atoms with Gasteiger partial charge in [-0.25, -0.2) is 8.42 Å². The number of benzene rings is 2. The predicted molar refractivity (Wildman–Crippen MR) is 92.8 cm³/mol. The van der Waals surface area contributed by atoms with Gasteiger partial charge in [0.1, 0.15) is 10.1 Å². The minimum Gasteiger partial charge on any atom is -0.870 e. The van der Waals surface area contributed by atoms with Gasteiger partial charge in [-0.05, 0) is 34.5 Å². The second-order valence-corrected chi connectivity index (χ2v) is 8.35. The normalized spacial score (nSPS) is 16.7. The summed E-state index contributed by atoms with van der Waals surface area (Å²) in [5.41, 5.74) is 1.22. The van der Waals surface area contributed by atoms with E-state index < -0.39 is 37.3 Å². The second-order valence-electron chi connectivity index (χ2n) is 6.03. The largest absolute Gasteiger partial charge is 1.00 e. The van der Waals surface area contributed by atoms with Crippen molar-refractivity contribution in [2.75, 3.05) is 5.32 Å². The average Bonchev–Trinajstić information content (AvgIpc) is 3.11. The molecule has 0 amide bonds. The van der Waals surface area contributed by atoms with Gasteiger partial charge in [-0.15, -0.1) is 0 Å². The molecule has 0 aromatic heterocycles. The number of hydrogen-bond donors (Lipinski definition) is 1. The third-order valence-corrected chi connectivity index (χ3v) is 5.94. The predicted octanol–water partition coefficient (Wildman–Crippen LogP) is -4.61. The molecule has 2 aromatic rings. The summed E-state index contributed by atoms with van der Waals surface area (Å²) >= 11 is 0. The molecular weight excluding hydrogens is 456 g/mol. The Labute approximate surface area is 217 Å².